The summed E-state index contributed by atoms with van der Waals surface area (Å²) in [7, 11) is 0. The second-order valence-electron chi connectivity index (χ2n) is 5.09. The van der Waals surface area contributed by atoms with Gasteiger partial charge in [-0.15, -0.1) is 11.6 Å². The molecule has 0 aliphatic rings. The van der Waals surface area contributed by atoms with Gasteiger partial charge in [-0.2, -0.15) is 0 Å². The van der Waals surface area contributed by atoms with Crippen LogP contribution >= 0.6 is 11.6 Å². The maximum absolute atomic E-state index is 13.0. The summed E-state index contributed by atoms with van der Waals surface area (Å²) < 4.78 is 13.0. The van der Waals surface area contributed by atoms with Crippen molar-refractivity contribution < 1.29 is 4.39 Å². The Morgan fingerprint density at radius 2 is 1.37 bits per heavy atom. The van der Waals surface area contributed by atoms with Gasteiger partial charge in [0, 0.05) is 0 Å². The van der Waals surface area contributed by atoms with E-state index in [9.17, 15) is 4.39 Å². The van der Waals surface area contributed by atoms with E-state index in [4.69, 9.17) is 11.6 Å². The molecule has 1 unspecified atom stereocenters. The summed E-state index contributed by atoms with van der Waals surface area (Å²) in [4.78, 5) is 0. The molecule has 0 fully saturated rings. The van der Waals surface area contributed by atoms with Crippen molar-refractivity contribution in [1.29, 1.82) is 0 Å². The smallest absolute Gasteiger partial charge is 0.123 e. The first kappa shape index (κ1) is 14.1. The zero-order chi connectivity index (χ0) is 14.2. The maximum atomic E-state index is 13.0. The van der Waals surface area contributed by atoms with E-state index in [1.54, 1.807) is 12.1 Å². The van der Waals surface area contributed by atoms with E-state index in [-0.39, 0.29) is 11.2 Å². The molecular weight excluding hydrogens is 259 g/mol. The van der Waals surface area contributed by atoms with Gasteiger partial charge < -0.3 is 0 Å². The quantitative estimate of drug-likeness (QED) is 0.645. The van der Waals surface area contributed by atoms with Gasteiger partial charge in [-0.1, -0.05) is 18.2 Å². The summed E-state index contributed by atoms with van der Waals surface area (Å²) in [6.45, 7) is 8.38. The topological polar surface area (TPSA) is 0 Å². The van der Waals surface area contributed by atoms with Crippen LogP contribution in [0.15, 0.2) is 30.3 Å². The molecule has 2 rings (SSSR count). The number of hydrogen-bond donors (Lipinski definition) is 0. The Labute approximate surface area is 119 Å². The van der Waals surface area contributed by atoms with Crippen LogP contribution in [0.4, 0.5) is 4.39 Å². The average molecular weight is 277 g/mol. The number of hydrogen-bond acceptors (Lipinski definition) is 0. The maximum Gasteiger partial charge on any atom is 0.123 e. The predicted octanol–water partition coefficient (Wildman–Crippen LogP) is 5.39. The summed E-state index contributed by atoms with van der Waals surface area (Å²) in [5.41, 5.74) is 6.99. The standard InChI is InChI=1S/C17H18ClF/c1-10-9-11(2)13(4)16(12(10)3)17(18)14-5-7-15(19)8-6-14/h5-9,17H,1-4H3. The van der Waals surface area contributed by atoms with Crippen LogP contribution in [0.3, 0.4) is 0 Å². The zero-order valence-corrected chi connectivity index (χ0v) is 12.5. The summed E-state index contributed by atoms with van der Waals surface area (Å²) in [5, 5.41) is -0.237. The first-order valence-electron chi connectivity index (χ1n) is 6.38. The molecular formula is C17H18ClF. The Kier molecular flexibility index (Phi) is 3.96. The van der Waals surface area contributed by atoms with Crippen LogP contribution in [0.2, 0.25) is 0 Å². The third-order valence-corrected chi connectivity index (χ3v) is 4.31. The van der Waals surface area contributed by atoms with Crippen LogP contribution in [0.5, 0.6) is 0 Å². The number of benzene rings is 2. The summed E-state index contributed by atoms with van der Waals surface area (Å²) in [5.74, 6) is -0.235. The van der Waals surface area contributed by atoms with Gasteiger partial charge in [0.15, 0.2) is 0 Å². The zero-order valence-electron chi connectivity index (χ0n) is 11.7. The molecule has 19 heavy (non-hydrogen) atoms. The minimum Gasteiger partial charge on any atom is -0.207 e. The number of rotatable bonds is 2. The molecule has 2 aromatic rings. The monoisotopic (exact) mass is 276 g/mol. The van der Waals surface area contributed by atoms with Crippen LogP contribution in [0, 0.1) is 33.5 Å². The van der Waals surface area contributed by atoms with Gasteiger partial charge >= 0.3 is 0 Å². The molecule has 0 aliphatic heterocycles. The Morgan fingerprint density at radius 1 is 0.895 bits per heavy atom. The van der Waals surface area contributed by atoms with E-state index >= 15 is 0 Å². The largest absolute Gasteiger partial charge is 0.207 e. The van der Waals surface area contributed by atoms with Crippen molar-refractivity contribution in [3.63, 3.8) is 0 Å². The molecule has 0 aromatic heterocycles. The van der Waals surface area contributed by atoms with E-state index in [0.29, 0.717) is 0 Å². The lowest BCUT2D eigenvalue weighted by Gasteiger charge is -2.20. The minimum atomic E-state index is -0.237. The second-order valence-corrected chi connectivity index (χ2v) is 5.52. The number of aryl methyl sites for hydroxylation is 2. The number of alkyl halides is 1. The van der Waals surface area contributed by atoms with Gasteiger partial charge in [-0.3, -0.25) is 0 Å². The Balaban J connectivity index is 2.55. The SMILES string of the molecule is Cc1cc(C)c(C)c(C(Cl)c2ccc(F)cc2)c1C. The molecule has 0 bridgehead atoms. The summed E-state index contributed by atoms with van der Waals surface area (Å²) in [6, 6.07) is 8.60. The fourth-order valence-electron chi connectivity index (χ4n) is 2.43. The van der Waals surface area contributed by atoms with E-state index in [2.05, 4.69) is 33.8 Å². The van der Waals surface area contributed by atoms with E-state index in [0.717, 1.165) is 11.1 Å². The average Bonchev–Trinajstić information content (AvgIpc) is 2.37. The van der Waals surface area contributed by atoms with Gasteiger partial charge in [-0.05, 0) is 73.2 Å². The lowest BCUT2D eigenvalue weighted by Crippen LogP contribution is -2.03. The highest BCUT2D eigenvalue weighted by Crippen LogP contribution is 2.35. The molecule has 0 saturated carbocycles. The highest BCUT2D eigenvalue weighted by atomic mass is 35.5. The molecule has 0 aliphatic carbocycles. The second kappa shape index (κ2) is 5.34. The summed E-state index contributed by atoms with van der Waals surface area (Å²) >= 11 is 6.62. The normalized spacial score (nSPS) is 12.5. The van der Waals surface area contributed by atoms with Gasteiger partial charge in [0.05, 0.1) is 5.38 Å². The van der Waals surface area contributed by atoms with Crippen molar-refractivity contribution in [3.05, 3.63) is 69.5 Å². The van der Waals surface area contributed by atoms with Crippen molar-refractivity contribution in [2.45, 2.75) is 33.1 Å². The van der Waals surface area contributed by atoms with Crippen LogP contribution in [0.25, 0.3) is 0 Å². The number of halogens is 2. The molecule has 0 spiro atoms. The van der Waals surface area contributed by atoms with Crippen molar-refractivity contribution in [2.24, 2.45) is 0 Å². The predicted molar refractivity (Wildman–Crippen MR) is 79.5 cm³/mol. The fraction of sp³-hybridized carbons (Fsp3) is 0.294. The Hall–Kier alpha value is -1.34. The highest BCUT2D eigenvalue weighted by molar-refractivity contribution is 6.22. The van der Waals surface area contributed by atoms with Crippen molar-refractivity contribution in [3.8, 4) is 0 Å². The molecule has 0 saturated heterocycles. The van der Waals surface area contributed by atoms with Crippen LogP contribution in [-0.4, -0.2) is 0 Å². The molecule has 1 atom stereocenters. The lowest BCUT2D eigenvalue weighted by atomic mass is 9.90. The van der Waals surface area contributed by atoms with Gasteiger partial charge in [0.2, 0.25) is 0 Å². The minimum absolute atomic E-state index is 0.235. The van der Waals surface area contributed by atoms with Crippen molar-refractivity contribution in [2.75, 3.05) is 0 Å². The molecule has 0 nitrogen and oxygen atoms in total. The van der Waals surface area contributed by atoms with Gasteiger partial charge in [0.25, 0.3) is 0 Å². The molecule has 0 radical (unpaired) electrons. The molecule has 100 valence electrons. The van der Waals surface area contributed by atoms with Gasteiger partial charge in [0.1, 0.15) is 5.82 Å². The van der Waals surface area contributed by atoms with Crippen LogP contribution < -0.4 is 0 Å². The Bertz CT molecular complexity index is 573. The third-order valence-electron chi connectivity index (χ3n) is 3.84. The van der Waals surface area contributed by atoms with Crippen molar-refractivity contribution in [1.82, 2.24) is 0 Å². The first-order valence-corrected chi connectivity index (χ1v) is 6.82. The molecule has 2 aromatic carbocycles. The fourth-order valence-corrected chi connectivity index (χ4v) is 2.90. The highest BCUT2D eigenvalue weighted by Gasteiger charge is 2.18. The molecule has 0 amide bonds. The van der Waals surface area contributed by atoms with Gasteiger partial charge in [-0.25, -0.2) is 4.39 Å². The molecule has 0 heterocycles. The Morgan fingerprint density at radius 3 is 1.84 bits per heavy atom. The van der Waals surface area contributed by atoms with Crippen LogP contribution in [-0.2, 0) is 0 Å². The first-order chi connectivity index (χ1) is 8.91. The van der Waals surface area contributed by atoms with Crippen LogP contribution in [0.1, 0.15) is 38.8 Å². The van der Waals surface area contributed by atoms with E-state index in [1.807, 2.05) is 0 Å². The van der Waals surface area contributed by atoms with Crippen molar-refractivity contribution >= 4 is 11.6 Å². The summed E-state index contributed by atoms with van der Waals surface area (Å²) in [6.07, 6.45) is 0. The third kappa shape index (κ3) is 2.66. The molecule has 0 N–H and O–H groups in total. The lowest BCUT2D eigenvalue weighted by molar-refractivity contribution is 0.627. The van der Waals surface area contributed by atoms with E-state index in [1.165, 1.54) is 34.4 Å². The van der Waals surface area contributed by atoms with E-state index < -0.39 is 0 Å². The molecule has 2 heteroatoms.